The monoisotopic (exact) mass is 283 g/mol. The zero-order valence-electron chi connectivity index (χ0n) is 10.0. The first-order valence-electron chi connectivity index (χ1n) is 6.42. The molecule has 1 unspecified atom stereocenters. The summed E-state index contributed by atoms with van der Waals surface area (Å²) in [4.78, 5) is 14.2. The van der Waals surface area contributed by atoms with Crippen LogP contribution < -0.4 is 0 Å². The van der Waals surface area contributed by atoms with Crippen LogP contribution in [-0.2, 0) is 4.79 Å². The van der Waals surface area contributed by atoms with E-state index < -0.39 is 0 Å². The Labute approximate surface area is 117 Å². The number of amides is 1. The van der Waals surface area contributed by atoms with Crippen LogP contribution in [0, 0.1) is 5.92 Å². The number of benzene rings is 1. The Morgan fingerprint density at radius 1 is 1.17 bits per heavy atom. The largest absolute Gasteiger partial charge is 0.335 e. The van der Waals surface area contributed by atoms with Crippen molar-refractivity contribution >= 4 is 29.1 Å². The van der Waals surface area contributed by atoms with Gasteiger partial charge < -0.3 is 4.90 Å². The number of rotatable bonds is 2. The fraction of sp³-hybridized carbons (Fsp3) is 0.500. The van der Waals surface area contributed by atoms with E-state index in [1.165, 1.54) is 0 Å². The molecule has 1 heterocycles. The molecule has 1 atom stereocenters. The second-order valence-corrected chi connectivity index (χ2v) is 5.95. The lowest BCUT2D eigenvalue weighted by molar-refractivity contribution is -0.133. The average Bonchev–Trinajstić information content (AvgIpc) is 3.09. The molecule has 3 rings (SSSR count). The molecule has 1 saturated heterocycles. The third-order valence-corrected chi connectivity index (χ3v) is 4.53. The van der Waals surface area contributed by atoms with Crippen LogP contribution in [0.5, 0.6) is 0 Å². The summed E-state index contributed by atoms with van der Waals surface area (Å²) in [7, 11) is 0. The van der Waals surface area contributed by atoms with Gasteiger partial charge in [0.05, 0.1) is 16.1 Å². The Morgan fingerprint density at radius 2 is 1.94 bits per heavy atom. The van der Waals surface area contributed by atoms with E-state index in [9.17, 15) is 4.79 Å². The van der Waals surface area contributed by atoms with Crippen molar-refractivity contribution in [3.05, 3.63) is 33.8 Å². The van der Waals surface area contributed by atoms with Crippen molar-refractivity contribution in [3.8, 4) is 0 Å². The molecule has 1 aliphatic carbocycles. The van der Waals surface area contributed by atoms with Crippen LogP contribution >= 0.6 is 23.2 Å². The highest BCUT2D eigenvalue weighted by Gasteiger charge is 2.38. The summed E-state index contributed by atoms with van der Waals surface area (Å²) < 4.78 is 0. The van der Waals surface area contributed by atoms with Gasteiger partial charge in [0.2, 0.25) is 5.91 Å². The summed E-state index contributed by atoms with van der Waals surface area (Å²) in [5, 5.41) is 1.14. The maximum absolute atomic E-state index is 12.2. The van der Waals surface area contributed by atoms with Crippen molar-refractivity contribution in [2.75, 3.05) is 6.54 Å². The Balaban J connectivity index is 1.85. The Bertz CT molecular complexity index is 485. The van der Waals surface area contributed by atoms with E-state index in [0.717, 1.165) is 37.8 Å². The molecule has 1 aromatic carbocycles. The number of carbonyl (C=O) groups excluding carboxylic acids is 1. The molecule has 1 amide bonds. The number of likely N-dealkylation sites (tertiary alicyclic amines) is 1. The van der Waals surface area contributed by atoms with Gasteiger partial charge in [-0.15, -0.1) is 0 Å². The van der Waals surface area contributed by atoms with Gasteiger partial charge in [0.25, 0.3) is 0 Å². The van der Waals surface area contributed by atoms with Crippen LogP contribution in [0.3, 0.4) is 0 Å². The number of hydrogen-bond donors (Lipinski definition) is 0. The van der Waals surface area contributed by atoms with E-state index in [4.69, 9.17) is 23.2 Å². The molecular formula is C14H15Cl2NO. The van der Waals surface area contributed by atoms with Crippen LogP contribution in [-0.4, -0.2) is 17.4 Å². The minimum atomic E-state index is 0.188. The molecule has 1 aromatic rings. The summed E-state index contributed by atoms with van der Waals surface area (Å²) in [6.07, 6.45) is 4.21. The number of carbonyl (C=O) groups is 1. The topological polar surface area (TPSA) is 20.3 Å². The van der Waals surface area contributed by atoms with Gasteiger partial charge in [-0.05, 0) is 43.4 Å². The molecular weight excluding hydrogens is 269 g/mol. The van der Waals surface area contributed by atoms with E-state index in [1.54, 1.807) is 0 Å². The summed E-state index contributed by atoms with van der Waals surface area (Å²) in [5.41, 5.74) is 1.11. The number of nitrogens with zero attached hydrogens (tertiary/aromatic N) is 1. The normalized spacial score (nSPS) is 23.4. The molecule has 1 saturated carbocycles. The lowest BCUT2D eigenvalue weighted by Crippen LogP contribution is -2.31. The van der Waals surface area contributed by atoms with Crippen LogP contribution in [0.4, 0.5) is 0 Å². The third kappa shape index (κ3) is 2.24. The van der Waals surface area contributed by atoms with Crippen LogP contribution in [0.1, 0.15) is 37.3 Å². The lowest BCUT2D eigenvalue weighted by atomic mass is 10.0. The highest BCUT2D eigenvalue weighted by atomic mass is 35.5. The van der Waals surface area contributed by atoms with Crippen molar-refractivity contribution in [3.63, 3.8) is 0 Å². The van der Waals surface area contributed by atoms with Gasteiger partial charge in [-0.2, -0.15) is 0 Å². The van der Waals surface area contributed by atoms with Crippen molar-refractivity contribution in [1.29, 1.82) is 0 Å². The second kappa shape index (κ2) is 4.75. The average molecular weight is 284 g/mol. The standard InChI is InChI=1S/C14H15Cl2NO/c15-11-6-5-10(8-12(11)16)13-2-1-7-17(13)14(18)9-3-4-9/h5-6,8-9,13H,1-4,7H2. The van der Waals surface area contributed by atoms with E-state index in [0.29, 0.717) is 16.0 Å². The summed E-state index contributed by atoms with van der Waals surface area (Å²) >= 11 is 12.0. The van der Waals surface area contributed by atoms with Crippen molar-refractivity contribution in [2.24, 2.45) is 5.92 Å². The number of hydrogen-bond acceptors (Lipinski definition) is 1. The van der Waals surface area contributed by atoms with Crippen molar-refractivity contribution in [2.45, 2.75) is 31.7 Å². The molecule has 0 bridgehead atoms. The Kier molecular flexibility index (Phi) is 3.25. The number of halogens is 2. The summed E-state index contributed by atoms with van der Waals surface area (Å²) in [5.74, 6) is 0.608. The predicted molar refractivity (Wildman–Crippen MR) is 72.9 cm³/mol. The van der Waals surface area contributed by atoms with Gasteiger partial charge in [-0.3, -0.25) is 4.79 Å². The molecule has 2 fully saturated rings. The first kappa shape index (κ1) is 12.3. The van der Waals surface area contributed by atoms with Crippen LogP contribution in [0.2, 0.25) is 10.0 Å². The Hall–Kier alpha value is -0.730. The van der Waals surface area contributed by atoms with Gasteiger partial charge in [-0.25, -0.2) is 0 Å². The highest BCUT2D eigenvalue weighted by Crippen LogP contribution is 2.39. The molecule has 0 spiro atoms. The zero-order chi connectivity index (χ0) is 12.7. The van der Waals surface area contributed by atoms with E-state index >= 15 is 0 Å². The van der Waals surface area contributed by atoms with Gasteiger partial charge >= 0.3 is 0 Å². The van der Waals surface area contributed by atoms with E-state index in [1.807, 2.05) is 23.1 Å². The fourth-order valence-electron chi connectivity index (χ4n) is 2.66. The molecule has 2 nitrogen and oxygen atoms in total. The van der Waals surface area contributed by atoms with Gasteiger partial charge in [0.1, 0.15) is 0 Å². The SMILES string of the molecule is O=C(C1CC1)N1CCCC1c1ccc(Cl)c(Cl)c1. The van der Waals surface area contributed by atoms with Gasteiger partial charge in [0.15, 0.2) is 0 Å². The molecule has 0 radical (unpaired) electrons. The van der Waals surface area contributed by atoms with Crippen molar-refractivity contribution in [1.82, 2.24) is 4.90 Å². The van der Waals surface area contributed by atoms with Crippen molar-refractivity contribution < 1.29 is 4.79 Å². The highest BCUT2D eigenvalue weighted by molar-refractivity contribution is 6.42. The van der Waals surface area contributed by atoms with E-state index in [2.05, 4.69) is 0 Å². The predicted octanol–water partition coefficient (Wildman–Crippen LogP) is 4.07. The molecule has 0 aromatic heterocycles. The quantitative estimate of drug-likeness (QED) is 0.801. The van der Waals surface area contributed by atoms with Gasteiger partial charge in [0, 0.05) is 12.5 Å². The van der Waals surface area contributed by atoms with E-state index in [-0.39, 0.29) is 12.0 Å². The molecule has 0 N–H and O–H groups in total. The summed E-state index contributed by atoms with van der Waals surface area (Å²) in [6, 6.07) is 5.88. The molecule has 1 aliphatic heterocycles. The maximum Gasteiger partial charge on any atom is 0.226 e. The fourth-order valence-corrected chi connectivity index (χ4v) is 2.97. The zero-order valence-corrected chi connectivity index (χ0v) is 11.5. The lowest BCUT2D eigenvalue weighted by Gasteiger charge is -2.25. The minimum absolute atomic E-state index is 0.188. The second-order valence-electron chi connectivity index (χ2n) is 5.14. The molecule has 4 heteroatoms. The molecule has 18 heavy (non-hydrogen) atoms. The molecule has 96 valence electrons. The minimum Gasteiger partial charge on any atom is -0.335 e. The van der Waals surface area contributed by atoms with Crippen LogP contribution in [0.15, 0.2) is 18.2 Å². The Morgan fingerprint density at radius 3 is 2.61 bits per heavy atom. The van der Waals surface area contributed by atoms with Crippen LogP contribution in [0.25, 0.3) is 0 Å². The first-order chi connectivity index (χ1) is 8.66. The van der Waals surface area contributed by atoms with Gasteiger partial charge in [-0.1, -0.05) is 29.3 Å². The maximum atomic E-state index is 12.2. The summed E-state index contributed by atoms with van der Waals surface area (Å²) in [6.45, 7) is 0.875. The first-order valence-corrected chi connectivity index (χ1v) is 7.18. The smallest absolute Gasteiger partial charge is 0.226 e. The molecule has 2 aliphatic rings. The third-order valence-electron chi connectivity index (χ3n) is 3.79.